The van der Waals surface area contributed by atoms with Crippen LogP contribution in [-0.2, 0) is 24.1 Å². The van der Waals surface area contributed by atoms with Crippen molar-refractivity contribution in [3.05, 3.63) is 95.8 Å². The molecule has 0 fully saturated rings. The van der Waals surface area contributed by atoms with E-state index in [2.05, 4.69) is 10.3 Å². The summed E-state index contributed by atoms with van der Waals surface area (Å²) >= 11 is 0. The number of nitrogens with zero attached hydrogens (tertiary/aromatic N) is 2. The number of carbonyl (C=O) groups is 1. The Bertz CT molecular complexity index is 1270. The molecule has 3 aromatic carbocycles. The lowest BCUT2D eigenvalue weighted by molar-refractivity contribution is -0.137. The minimum absolute atomic E-state index is 0.0696. The molecule has 0 aliphatic rings. The Morgan fingerprint density at radius 2 is 1.76 bits per heavy atom. The Morgan fingerprint density at radius 1 is 1.03 bits per heavy atom. The molecule has 0 saturated carbocycles. The van der Waals surface area contributed by atoms with E-state index < -0.39 is 23.8 Å². The molecule has 9 heteroatoms. The van der Waals surface area contributed by atoms with Crippen LogP contribution in [0, 0.1) is 0 Å². The van der Waals surface area contributed by atoms with Crippen molar-refractivity contribution < 1.29 is 27.8 Å². The first-order valence-corrected chi connectivity index (χ1v) is 10.5. The lowest BCUT2D eigenvalue weighted by Crippen LogP contribution is -2.32. The molecule has 1 atom stereocenters. The minimum atomic E-state index is -4.51. The number of aliphatic hydroxyl groups excluding tert-OH is 1. The van der Waals surface area contributed by atoms with Crippen molar-refractivity contribution in [2.75, 3.05) is 6.54 Å². The molecule has 0 spiro atoms. The zero-order valence-electron chi connectivity index (χ0n) is 18.0. The Kier molecular flexibility index (Phi) is 6.83. The highest BCUT2D eigenvalue weighted by Crippen LogP contribution is 2.30. The highest BCUT2D eigenvalue weighted by Gasteiger charge is 2.30. The molecule has 1 aromatic heterocycles. The van der Waals surface area contributed by atoms with E-state index in [9.17, 15) is 23.1 Å². The van der Waals surface area contributed by atoms with Crippen LogP contribution in [0.25, 0.3) is 11.0 Å². The van der Waals surface area contributed by atoms with Crippen molar-refractivity contribution in [3.63, 3.8) is 0 Å². The number of benzene rings is 3. The summed E-state index contributed by atoms with van der Waals surface area (Å²) in [6.07, 6.45) is -5.80. The van der Waals surface area contributed by atoms with E-state index in [0.29, 0.717) is 17.1 Å². The number of fused-ring (bicyclic) bond motifs is 1. The standard InChI is InChI=1S/C25H22F3N3O3/c26-25(27,28)18-8-6-7-17(13-18)22(32)14-29-24(33)15-31-21-12-5-4-11-20(21)30-23(31)16-34-19-9-2-1-3-10-19/h1-13,22,32H,14-16H2,(H,29,33). The number of ether oxygens (including phenoxy) is 1. The maximum atomic E-state index is 12.9. The van der Waals surface area contributed by atoms with Crippen LogP contribution in [0.2, 0.25) is 0 Å². The van der Waals surface area contributed by atoms with Crippen LogP contribution in [0.15, 0.2) is 78.9 Å². The lowest BCUT2D eigenvalue weighted by Gasteiger charge is -2.15. The first-order chi connectivity index (χ1) is 16.3. The van der Waals surface area contributed by atoms with Crippen molar-refractivity contribution in [1.82, 2.24) is 14.9 Å². The molecule has 1 amide bonds. The van der Waals surface area contributed by atoms with Crippen LogP contribution >= 0.6 is 0 Å². The van der Waals surface area contributed by atoms with Crippen molar-refractivity contribution in [3.8, 4) is 5.75 Å². The number of imidazole rings is 1. The number of amides is 1. The highest BCUT2D eigenvalue weighted by molar-refractivity contribution is 5.81. The Labute approximate surface area is 193 Å². The van der Waals surface area contributed by atoms with Crippen molar-refractivity contribution >= 4 is 16.9 Å². The van der Waals surface area contributed by atoms with Gasteiger partial charge < -0.3 is 19.7 Å². The Hall–Kier alpha value is -3.85. The fourth-order valence-corrected chi connectivity index (χ4v) is 3.53. The number of para-hydroxylation sites is 3. The summed E-state index contributed by atoms with van der Waals surface area (Å²) in [5, 5.41) is 12.9. The molecule has 0 aliphatic heterocycles. The van der Waals surface area contributed by atoms with E-state index in [1.54, 1.807) is 4.57 Å². The molecular weight excluding hydrogens is 447 g/mol. The Morgan fingerprint density at radius 3 is 2.53 bits per heavy atom. The van der Waals surface area contributed by atoms with Crippen LogP contribution in [0.1, 0.15) is 23.1 Å². The molecule has 4 rings (SSSR count). The molecule has 1 heterocycles. The molecule has 6 nitrogen and oxygen atoms in total. The maximum absolute atomic E-state index is 12.9. The van der Waals surface area contributed by atoms with Gasteiger partial charge in [0.2, 0.25) is 5.91 Å². The Balaban J connectivity index is 1.44. The molecular formula is C25H22F3N3O3. The van der Waals surface area contributed by atoms with Gasteiger partial charge in [0, 0.05) is 6.54 Å². The highest BCUT2D eigenvalue weighted by atomic mass is 19.4. The van der Waals surface area contributed by atoms with Gasteiger partial charge in [-0.25, -0.2) is 4.98 Å². The number of aliphatic hydroxyl groups is 1. The van der Waals surface area contributed by atoms with Crippen molar-refractivity contribution in [2.45, 2.75) is 25.4 Å². The molecule has 0 bridgehead atoms. The molecule has 34 heavy (non-hydrogen) atoms. The normalized spacial score (nSPS) is 12.5. The largest absolute Gasteiger partial charge is 0.486 e. The van der Waals surface area contributed by atoms with Crippen LogP contribution in [-0.4, -0.2) is 27.1 Å². The molecule has 1 unspecified atom stereocenters. The zero-order chi connectivity index (χ0) is 24.1. The van der Waals surface area contributed by atoms with Crippen LogP contribution < -0.4 is 10.1 Å². The monoisotopic (exact) mass is 469 g/mol. The second kappa shape index (κ2) is 9.96. The van der Waals surface area contributed by atoms with E-state index in [0.717, 1.165) is 17.6 Å². The van der Waals surface area contributed by atoms with Gasteiger partial charge in [0.25, 0.3) is 0 Å². The second-order valence-electron chi connectivity index (χ2n) is 7.65. The van der Waals surface area contributed by atoms with Gasteiger partial charge in [-0.1, -0.05) is 42.5 Å². The predicted octanol–water partition coefficient (Wildman–Crippen LogP) is 4.48. The lowest BCUT2D eigenvalue weighted by atomic mass is 10.1. The van der Waals surface area contributed by atoms with Crippen LogP contribution in [0.5, 0.6) is 5.75 Å². The summed E-state index contributed by atoms with van der Waals surface area (Å²) in [4.78, 5) is 17.2. The summed E-state index contributed by atoms with van der Waals surface area (Å²) < 4.78 is 46.3. The third kappa shape index (κ3) is 5.55. The van der Waals surface area contributed by atoms with E-state index in [1.165, 1.54) is 12.1 Å². The topological polar surface area (TPSA) is 76.4 Å². The van der Waals surface area contributed by atoms with Crippen molar-refractivity contribution in [1.29, 1.82) is 0 Å². The molecule has 0 radical (unpaired) electrons. The molecule has 176 valence electrons. The van der Waals surface area contributed by atoms with Crippen LogP contribution in [0.3, 0.4) is 0 Å². The van der Waals surface area contributed by atoms with Crippen LogP contribution in [0.4, 0.5) is 13.2 Å². The zero-order valence-corrected chi connectivity index (χ0v) is 18.0. The molecule has 4 aromatic rings. The number of rotatable bonds is 8. The predicted molar refractivity (Wildman–Crippen MR) is 120 cm³/mol. The van der Waals surface area contributed by atoms with Crippen molar-refractivity contribution in [2.24, 2.45) is 0 Å². The van der Waals surface area contributed by atoms with Gasteiger partial charge in [0.15, 0.2) is 0 Å². The summed E-state index contributed by atoms with van der Waals surface area (Å²) in [7, 11) is 0. The number of aromatic nitrogens is 2. The summed E-state index contributed by atoms with van der Waals surface area (Å²) in [6, 6.07) is 20.9. The van der Waals surface area contributed by atoms with Gasteiger partial charge in [-0.15, -0.1) is 0 Å². The smallest absolute Gasteiger partial charge is 0.416 e. The maximum Gasteiger partial charge on any atom is 0.416 e. The SMILES string of the molecule is O=C(Cn1c(COc2ccccc2)nc2ccccc21)NCC(O)c1cccc(C(F)(F)F)c1. The summed E-state index contributed by atoms with van der Waals surface area (Å²) in [5.41, 5.74) is 0.650. The van der Waals surface area contributed by atoms with E-state index in [1.807, 2.05) is 54.6 Å². The third-order valence-electron chi connectivity index (χ3n) is 5.24. The number of nitrogens with one attached hydrogen (secondary N) is 1. The van der Waals surface area contributed by atoms with Gasteiger partial charge in [-0.3, -0.25) is 4.79 Å². The number of hydrogen-bond donors (Lipinski definition) is 2. The van der Waals surface area contributed by atoms with E-state index in [4.69, 9.17) is 4.74 Å². The fraction of sp³-hybridized carbons (Fsp3) is 0.200. The van der Waals surface area contributed by atoms with Gasteiger partial charge in [-0.05, 0) is 42.0 Å². The number of halogens is 3. The number of carbonyl (C=O) groups excluding carboxylic acids is 1. The molecule has 0 saturated heterocycles. The fourth-order valence-electron chi connectivity index (χ4n) is 3.53. The van der Waals surface area contributed by atoms with E-state index in [-0.39, 0.29) is 25.3 Å². The number of hydrogen-bond acceptors (Lipinski definition) is 4. The molecule has 0 aliphatic carbocycles. The summed E-state index contributed by atoms with van der Waals surface area (Å²) in [6.45, 7) is -0.190. The first-order valence-electron chi connectivity index (χ1n) is 10.5. The average Bonchev–Trinajstić information content (AvgIpc) is 3.18. The van der Waals surface area contributed by atoms with Gasteiger partial charge in [0.05, 0.1) is 22.7 Å². The first kappa shape index (κ1) is 23.3. The van der Waals surface area contributed by atoms with E-state index >= 15 is 0 Å². The minimum Gasteiger partial charge on any atom is -0.486 e. The number of alkyl halides is 3. The summed E-state index contributed by atoms with van der Waals surface area (Å²) in [5.74, 6) is 0.781. The average molecular weight is 469 g/mol. The quantitative estimate of drug-likeness (QED) is 0.399. The van der Waals surface area contributed by atoms with Gasteiger partial charge >= 0.3 is 6.18 Å². The van der Waals surface area contributed by atoms with Gasteiger partial charge in [-0.2, -0.15) is 13.2 Å². The third-order valence-corrected chi connectivity index (χ3v) is 5.24. The second-order valence-corrected chi connectivity index (χ2v) is 7.65. The molecule has 2 N–H and O–H groups in total. The van der Waals surface area contributed by atoms with Gasteiger partial charge in [0.1, 0.15) is 24.7 Å².